The molecule has 0 radical (unpaired) electrons. The summed E-state index contributed by atoms with van der Waals surface area (Å²) in [5, 5.41) is 12.8. The molecule has 6 heteroatoms. The van der Waals surface area contributed by atoms with E-state index in [9.17, 15) is 14.7 Å². The predicted molar refractivity (Wildman–Crippen MR) is 107 cm³/mol. The molecule has 3 amide bonds. The number of fused-ring (bicyclic) bond motifs is 3. The lowest BCUT2D eigenvalue weighted by Crippen LogP contribution is -2.72. The average Bonchev–Trinajstić information content (AvgIpc) is 2.72. The number of carbonyl (C=O) groups is 2. The van der Waals surface area contributed by atoms with Crippen LogP contribution < -0.4 is 10.2 Å². The number of aliphatic hydroxyl groups is 1. The van der Waals surface area contributed by atoms with Crippen molar-refractivity contribution in [1.82, 2.24) is 10.2 Å². The van der Waals surface area contributed by atoms with Crippen molar-refractivity contribution in [3.8, 4) is 0 Å². The van der Waals surface area contributed by atoms with E-state index in [1.807, 2.05) is 49.4 Å². The fraction of sp³-hybridized carbons (Fsp3) is 0.364. The first-order valence-corrected chi connectivity index (χ1v) is 9.80. The molecular weight excluding hydrogens is 354 g/mol. The Morgan fingerprint density at radius 1 is 1.11 bits per heavy atom. The van der Waals surface area contributed by atoms with Gasteiger partial charge in [0, 0.05) is 30.3 Å². The van der Waals surface area contributed by atoms with Gasteiger partial charge >= 0.3 is 6.03 Å². The summed E-state index contributed by atoms with van der Waals surface area (Å²) in [4.78, 5) is 29.3. The van der Waals surface area contributed by atoms with Crippen LogP contribution in [0.1, 0.15) is 35.2 Å². The molecule has 0 spiro atoms. The van der Waals surface area contributed by atoms with E-state index in [1.54, 1.807) is 21.9 Å². The second kappa shape index (κ2) is 7.64. The molecule has 3 atom stereocenters. The van der Waals surface area contributed by atoms with Crippen LogP contribution in [0.3, 0.4) is 0 Å². The maximum Gasteiger partial charge on any atom is 0.318 e. The minimum Gasteiger partial charge on any atom is -0.394 e. The monoisotopic (exact) mass is 379 g/mol. The van der Waals surface area contributed by atoms with Crippen molar-refractivity contribution >= 4 is 17.6 Å². The Balaban J connectivity index is 1.68. The number of rotatable bonds is 4. The largest absolute Gasteiger partial charge is 0.394 e. The van der Waals surface area contributed by atoms with Crippen LogP contribution in [0.25, 0.3) is 0 Å². The highest BCUT2D eigenvalue weighted by atomic mass is 16.3. The molecule has 2 aromatic rings. The van der Waals surface area contributed by atoms with Gasteiger partial charge < -0.3 is 20.2 Å². The molecule has 28 heavy (non-hydrogen) atoms. The lowest BCUT2D eigenvalue weighted by molar-refractivity contribution is -0.00750. The van der Waals surface area contributed by atoms with Gasteiger partial charge in [-0.1, -0.05) is 43.3 Å². The number of hydrogen-bond acceptors (Lipinski definition) is 3. The van der Waals surface area contributed by atoms with Crippen molar-refractivity contribution < 1.29 is 14.7 Å². The van der Waals surface area contributed by atoms with Crippen LogP contribution in [0.4, 0.5) is 10.5 Å². The Kier molecular flexibility index (Phi) is 5.05. The molecule has 1 fully saturated rings. The van der Waals surface area contributed by atoms with Gasteiger partial charge in [-0.05, 0) is 30.2 Å². The van der Waals surface area contributed by atoms with Crippen LogP contribution in [0, 0.1) is 0 Å². The van der Waals surface area contributed by atoms with E-state index in [1.165, 1.54) is 0 Å². The van der Waals surface area contributed by atoms with Crippen molar-refractivity contribution in [1.29, 1.82) is 0 Å². The molecule has 2 aromatic carbocycles. The van der Waals surface area contributed by atoms with Gasteiger partial charge in [-0.15, -0.1) is 0 Å². The third kappa shape index (κ3) is 2.94. The summed E-state index contributed by atoms with van der Waals surface area (Å²) in [6.45, 7) is 2.92. The topological polar surface area (TPSA) is 72.9 Å². The number of carbonyl (C=O) groups excluding carboxylic acids is 2. The molecule has 6 nitrogen and oxygen atoms in total. The van der Waals surface area contributed by atoms with Crippen LogP contribution in [-0.2, 0) is 0 Å². The fourth-order valence-corrected chi connectivity index (χ4v) is 4.42. The third-order valence-electron chi connectivity index (χ3n) is 5.71. The SMILES string of the molecule is CCCNC(=O)N1[C@H](CO)[C@@H]2c3ccccc3N(C(=O)c3ccccc3)C[C@@H]21. The number of anilines is 1. The number of benzene rings is 2. The van der Waals surface area contributed by atoms with Gasteiger partial charge in [-0.3, -0.25) is 4.79 Å². The molecule has 2 aliphatic heterocycles. The summed E-state index contributed by atoms with van der Waals surface area (Å²) in [6, 6.07) is 16.4. The lowest BCUT2D eigenvalue weighted by Gasteiger charge is -2.58. The Hall–Kier alpha value is -2.86. The van der Waals surface area contributed by atoms with Crippen molar-refractivity contribution in [2.24, 2.45) is 0 Å². The molecule has 2 aliphatic rings. The van der Waals surface area contributed by atoms with Crippen LogP contribution in [0.2, 0.25) is 0 Å². The molecule has 0 aromatic heterocycles. The van der Waals surface area contributed by atoms with Crippen molar-refractivity contribution in [3.05, 3.63) is 65.7 Å². The molecule has 0 saturated carbocycles. The first-order valence-electron chi connectivity index (χ1n) is 9.80. The molecular formula is C22H25N3O3. The zero-order valence-electron chi connectivity index (χ0n) is 15.9. The Morgan fingerprint density at radius 2 is 1.82 bits per heavy atom. The zero-order chi connectivity index (χ0) is 19.7. The highest BCUT2D eigenvalue weighted by Gasteiger charge is 2.55. The summed E-state index contributed by atoms with van der Waals surface area (Å²) in [7, 11) is 0. The Morgan fingerprint density at radius 3 is 2.54 bits per heavy atom. The van der Waals surface area contributed by atoms with Crippen molar-refractivity contribution in [2.75, 3.05) is 24.6 Å². The highest BCUT2D eigenvalue weighted by molar-refractivity contribution is 6.07. The van der Waals surface area contributed by atoms with E-state index in [-0.39, 0.29) is 36.5 Å². The number of nitrogens with zero attached hydrogens (tertiary/aromatic N) is 2. The molecule has 4 rings (SSSR count). The summed E-state index contributed by atoms with van der Waals surface area (Å²) in [6.07, 6.45) is 0.846. The van der Waals surface area contributed by atoms with E-state index >= 15 is 0 Å². The number of para-hydroxylation sites is 1. The van der Waals surface area contributed by atoms with Crippen LogP contribution in [0.5, 0.6) is 0 Å². The minimum absolute atomic E-state index is 0.0356. The summed E-state index contributed by atoms with van der Waals surface area (Å²) < 4.78 is 0. The van der Waals surface area contributed by atoms with E-state index in [2.05, 4.69) is 5.32 Å². The van der Waals surface area contributed by atoms with Crippen LogP contribution >= 0.6 is 0 Å². The first kappa shape index (κ1) is 18.5. The quantitative estimate of drug-likeness (QED) is 0.858. The van der Waals surface area contributed by atoms with Gasteiger partial charge in [0.15, 0.2) is 0 Å². The summed E-state index contributed by atoms with van der Waals surface area (Å²) in [5.41, 5.74) is 2.50. The second-order valence-electron chi connectivity index (χ2n) is 7.32. The highest BCUT2D eigenvalue weighted by Crippen LogP contribution is 2.48. The number of amides is 3. The first-order chi connectivity index (χ1) is 13.7. The Bertz CT molecular complexity index is 870. The smallest absolute Gasteiger partial charge is 0.318 e. The Labute approximate surface area is 164 Å². The molecule has 0 bridgehead atoms. The third-order valence-corrected chi connectivity index (χ3v) is 5.71. The van der Waals surface area contributed by atoms with E-state index in [0.717, 1.165) is 17.7 Å². The zero-order valence-corrected chi connectivity index (χ0v) is 15.9. The maximum absolute atomic E-state index is 13.2. The molecule has 1 saturated heterocycles. The van der Waals surface area contributed by atoms with E-state index in [4.69, 9.17) is 0 Å². The van der Waals surface area contributed by atoms with Crippen LogP contribution in [0.15, 0.2) is 54.6 Å². The van der Waals surface area contributed by atoms with E-state index < -0.39 is 0 Å². The molecule has 0 unspecified atom stereocenters. The number of aliphatic hydroxyl groups excluding tert-OH is 1. The maximum atomic E-state index is 13.2. The molecule has 0 aliphatic carbocycles. The van der Waals surface area contributed by atoms with Gasteiger partial charge in [-0.25, -0.2) is 4.79 Å². The van der Waals surface area contributed by atoms with Gasteiger partial charge in [0.05, 0.1) is 18.7 Å². The molecule has 2 N–H and O–H groups in total. The number of likely N-dealkylation sites (tertiary alicyclic amines) is 1. The molecule has 2 heterocycles. The van der Waals surface area contributed by atoms with E-state index in [0.29, 0.717) is 18.7 Å². The van der Waals surface area contributed by atoms with Gasteiger partial charge in [0.1, 0.15) is 0 Å². The van der Waals surface area contributed by atoms with Crippen LogP contribution in [-0.4, -0.2) is 53.7 Å². The average molecular weight is 379 g/mol. The standard InChI is InChI=1S/C22H25N3O3/c1-2-12-23-22(28)25-18-13-24(21(27)15-8-4-3-5-9-15)17-11-7-6-10-16(17)20(18)19(25)14-26/h3-11,18-20,26H,2,12-14H2,1H3,(H,23,28)/t18-,19+,20+/m0/s1. The summed E-state index contributed by atoms with van der Waals surface area (Å²) in [5.74, 6) is -0.0405. The fourth-order valence-electron chi connectivity index (χ4n) is 4.42. The van der Waals surface area contributed by atoms with Gasteiger partial charge in [0.25, 0.3) is 5.91 Å². The van der Waals surface area contributed by atoms with Gasteiger partial charge in [-0.2, -0.15) is 0 Å². The van der Waals surface area contributed by atoms with Crippen molar-refractivity contribution in [2.45, 2.75) is 31.3 Å². The van der Waals surface area contributed by atoms with Gasteiger partial charge in [0.2, 0.25) is 0 Å². The predicted octanol–water partition coefficient (Wildman–Crippen LogP) is 2.60. The summed E-state index contributed by atoms with van der Waals surface area (Å²) >= 11 is 0. The number of urea groups is 1. The molecule has 146 valence electrons. The minimum atomic E-state index is -0.267. The second-order valence-corrected chi connectivity index (χ2v) is 7.32. The lowest BCUT2D eigenvalue weighted by atomic mass is 9.72. The van der Waals surface area contributed by atoms with Crippen molar-refractivity contribution in [3.63, 3.8) is 0 Å². The number of hydrogen-bond donors (Lipinski definition) is 2. The number of nitrogens with one attached hydrogen (secondary N) is 1. The normalized spacial score (nSPS) is 22.7.